The number of hydrogen-bond acceptors (Lipinski definition) is 6. The number of piperidine rings is 1. The smallest absolute Gasteiger partial charge is 0.209 e. The van der Waals surface area contributed by atoms with Gasteiger partial charge >= 0.3 is 0 Å². The summed E-state index contributed by atoms with van der Waals surface area (Å²) in [5, 5.41) is 3.40. The maximum atomic E-state index is 11.6. The molecule has 8 heteroatoms. The van der Waals surface area contributed by atoms with Gasteiger partial charge in [0.25, 0.3) is 0 Å². The van der Waals surface area contributed by atoms with Crippen molar-refractivity contribution in [3.05, 3.63) is 29.3 Å². The van der Waals surface area contributed by atoms with Gasteiger partial charge < -0.3 is 14.8 Å². The maximum absolute atomic E-state index is 11.6. The second kappa shape index (κ2) is 10.7. The van der Waals surface area contributed by atoms with Crippen molar-refractivity contribution in [1.29, 1.82) is 0 Å². The zero-order valence-electron chi connectivity index (χ0n) is 17.9. The fourth-order valence-corrected chi connectivity index (χ4v) is 5.38. The van der Waals surface area contributed by atoms with Gasteiger partial charge in [-0.25, -0.2) is 13.1 Å². The second-order valence-electron chi connectivity index (χ2n) is 8.53. The quantitative estimate of drug-likeness (QED) is 0.575. The van der Waals surface area contributed by atoms with Crippen LogP contribution in [0, 0.1) is 6.92 Å². The molecule has 1 saturated carbocycles. The standard InChI is InChI=1S/C22H34N2O5S/c1-16-5-10-19(22(14-16)28-13-12-25)17-6-8-18(9-7-17)29-15-21-20(4-3-11-23-21)24-30(2,26)27/h5,10,12,14,17-18,20-21,23-24H,3-4,6-9,11,13,15H2,1-2H3/t17-,18+,20-,21-/m0/s1. The molecule has 0 spiro atoms. The number of aryl methyl sites for hydroxylation is 1. The zero-order valence-corrected chi connectivity index (χ0v) is 18.7. The van der Waals surface area contributed by atoms with E-state index in [0.29, 0.717) is 12.5 Å². The van der Waals surface area contributed by atoms with Crippen molar-refractivity contribution in [3.8, 4) is 5.75 Å². The molecule has 0 amide bonds. The molecule has 7 nitrogen and oxygen atoms in total. The summed E-state index contributed by atoms with van der Waals surface area (Å²) in [5.74, 6) is 1.21. The van der Waals surface area contributed by atoms with Crippen LogP contribution in [-0.2, 0) is 19.6 Å². The molecule has 2 N–H and O–H groups in total. The van der Waals surface area contributed by atoms with Crippen molar-refractivity contribution < 1.29 is 22.7 Å². The molecule has 2 atom stereocenters. The summed E-state index contributed by atoms with van der Waals surface area (Å²) in [6, 6.07) is 6.11. The van der Waals surface area contributed by atoms with Crippen molar-refractivity contribution in [2.45, 2.75) is 69.6 Å². The molecule has 3 rings (SSSR count). The highest BCUT2D eigenvalue weighted by atomic mass is 32.2. The number of nitrogens with one attached hydrogen (secondary N) is 2. The van der Waals surface area contributed by atoms with Gasteiger partial charge in [0.1, 0.15) is 12.4 Å². The molecule has 168 valence electrons. The van der Waals surface area contributed by atoms with Gasteiger partial charge in [-0.3, -0.25) is 4.79 Å². The first-order valence-corrected chi connectivity index (χ1v) is 12.7. The van der Waals surface area contributed by atoms with Crippen LogP contribution in [-0.4, -0.2) is 58.9 Å². The van der Waals surface area contributed by atoms with Gasteiger partial charge in [-0.05, 0) is 75.1 Å². The van der Waals surface area contributed by atoms with Crippen molar-refractivity contribution in [1.82, 2.24) is 10.0 Å². The Labute approximate surface area is 180 Å². The van der Waals surface area contributed by atoms with E-state index < -0.39 is 10.0 Å². The molecule has 1 aliphatic carbocycles. The predicted molar refractivity (Wildman–Crippen MR) is 116 cm³/mol. The molecule has 1 aliphatic heterocycles. The van der Waals surface area contributed by atoms with E-state index in [0.717, 1.165) is 62.7 Å². The Morgan fingerprint density at radius 2 is 1.97 bits per heavy atom. The van der Waals surface area contributed by atoms with Crippen LogP contribution >= 0.6 is 0 Å². The lowest BCUT2D eigenvalue weighted by atomic mass is 9.82. The summed E-state index contributed by atoms with van der Waals surface area (Å²) in [7, 11) is -3.23. The van der Waals surface area contributed by atoms with Crippen molar-refractivity contribution in [2.75, 3.05) is 26.0 Å². The molecule has 1 aromatic carbocycles. The highest BCUT2D eigenvalue weighted by molar-refractivity contribution is 7.88. The van der Waals surface area contributed by atoms with Crippen molar-refractivity contribution in [2.24, 2.45) is 0 Å². The van der Waals surface area contributed by atoms with Crippen LogP contribution in [0.1, 0.15) is 55.6 Å². The predicted octanol–water partition coefficient (Wildman–Crippen LogP) is 2.29. The molecular formula is C22H34N2O5S. The van der Waals surface area contributed by atoms with Crippen LogP contribution in [0.15, 0.2) is 18.2 Å². The first-order valence-electron chi connectivity index (χ1n) is 10.8. The first kappa shape index (κ1) is 23.2. The number of benzene rings is 1. The molecule has 2 aliphatic rings. The van der Waals surface area contributed by atoms with Gasteiger partial charge in [0, 0.05) is 12.1 Å². The maximum Gasteiger partial charge on any atom is 0.209 e. The van der Waals surface area contributed by atoms with E-state index in [1.165, 1.54) is 11.8 Å². The Bertz CT molecular complexity index is 806. The highest BCUT2D eigenvalue weighted by Gasteiger charge is 2.30. The van der Waals surface area contributed by atoms with E-state index in [1.54, 1.807) is 0 Å². The number of sulfonamides is 1. The van der Waals surface area contributed by atoms with Crippen LogP contribution in [0.2, 0.25) is 0 Å². The monoisotopic (exact) mass is 438 g/mol. The summed E-state index contributed by atoms with van der Waals surface area (Å²) in [6.45, 7) is 3.50. The summed E-state index contributed by atoms with van der Waals surface area (Å²) >= 11 is 0. The average molecular weight is 439 g/mol. The third-order valence-electron chi connectivity index (χ3n) is 6.05. The lowest BCUT2D eigenvalue weighted by Gasteiger charge is -2.35. The summed E-state index contributed by atoms with van der Waals surface area (Å²) < 4.78 is 37.8. The number of carbonyl (C=O) groups excluding carboxylic acids is 1. The summed E-state index contributed by atoms with van der Waals surface area (Å²) in [4.78, 5) is 10.7. The molecule has 2 fully saturated rings. The van der Waals surface area contributed by atoms with Crippen LogP contribution in [0.5, 0.6) is 5.75 Å². The molecule has 0 radical (unpaired) electrons. The van der Waals surface area contributed by atoms with E-state index in [9.17, 15) is 13.2 Å². The van der Waals surface area contributed by atoms with Crippen molar-refractivity contribution in [3.63, 3.8) is 0 Å². The van der Waals surface area contributed by atoms with Gasteiger partial charge in [-0.15, -0.1) is 0 Å². The zero-order chi connectivity index (χ0) is 21.6. The minimum Gasteiger partial charge on any atom is -0.486 e. The lowest BCUT2D eigenvalue weighted by Crippen LogP contribution is -2.55. The topological polar surface area (TPSA) is 93.7 Å². The van der Waals surface area contributed by atoms with Crippen LogP contribution < -0.4 is 14.8 Å². The summed E-state index contributed by atoms with van der Waals surface area (Å²) in [5.41, 5.74) is 2.29. The van der Waals surface area contributed by atoms with E-state index in [2.05, 4.69) is 22.2 Å². The van der Waals surface area contributed by atoms with Crippen LogP contribution in [0.4, 0.5) is 0 Å². The Hall–Kier alpha value is -1.48. The van der Waals surface area contributed by atoms with Crippen LogP contribution in [0.25, 0.3) is 0 Å². The Morgan fingerprint density at radius 3 is 2.67 bits per heavy atom. The molecule has 0 unspecified atom stereocenters. The summed E-state index contributed by atoms with van der Waals surface area (Å²) in [6.07, 6.45) is 7.90. The van der Waals surface area contributed by atoms with Gasteiger partial charge in [-0.2, -0.15) is 0 Å². The minimum atomic E-state index is -3.23. The Morgan fingerprint density at radius 1 is 1.20 bits per heavy atom. The van der Waals surface area contributed by atoms with Gasteiger partial charge in [0.05, 0.1) is 19.0 Å². The fourth-order valence-electron chi connectivity index (χ4n) is 4.55. The van der Waals surface area contributed by atoms with Crippen molar-refractivity contribution >= 4 is 16.3 Å². The number of carbonyl (C=O) groups is 1. The third kappa shape index (κ3) is 6.77. The second-order valence-corrected chi connectivity index (χ2v) is 10.3. The van der Waals surface area contributed by atoms with E-state index >= 15 is 0 Å². The molecule has 1 heterocycles. The average Bonchev–Trinajstić information content (AvgIpc) is 2.71. The Balaban J connectivity index is 1.52. The van der Waals surface area contributed by atoms with Crippen LogP contribution in [0.3, 0.4) is 0 Å². The number of ether oxygens (including phenoxy) is 2. The number of rotatable bonds is 9. The molecule has 1 aromatic rings. The van der Waals surface area contributed by atoms with Gasteiger partial charge in [0.15, 0.2) is 6.29 Å². The fraction of sp³-hybridized carbons (Fsp3) is 0.682. The van der Waals surface area contributed by atoms with E-state index in [1.807, 2.05) is 13.0 Å². The molecular weight excluding hydrogens is 404 g/mol. The molecule has 30 heavy (non-hydrogen) atoms. The SMILES string of the molecule is Cc1ccc([C@H]2CC[C@@H](OC[C@@H]3NCCC[C@@H]3NS(C)(=O)=O)CC2)c(OCC=O)c1. The van der Waals surface area contributed by atoms with E-state index in [4.69, 9.17) is 9.47 Å². The number of hydrogen-bond donors (Lipinski definition) is 2. The molecule has 0 aromatic heterocycles. The van der Waals surface area contributed by atoms with E-state index in [-0.39, 0.29) is 24.8 Å². The lowest BCUT2D eigenvalue weighted by molar-refractivity contribution is -0.109. The van der Waals surface area contributed by atoms with Gasteiger partial charge in [0.2, 0.25) is 10.0 Å². The van der Waals surface area contributed by atoms with Gasteiger partial charge in [-0.1, -0.05) is 12.1 Å². The highest BCUT2D eigenvalue weighted by Crippen LogP contribution is 2.38. The first-order chi connectivity index (χ1) is 14.4. The molecule has 0 bridgehead atoms. The molecule has 1 saturated heterocycles. The largest absolute Gasteiger partial charge is 0.486 e. The minimum absolute atomic E-state index is 0.00615. The Kier molecular flexibility index (Phi) is 8.27. The normalized spacial score (nSPS) is 27.5. The third-order valence-corrected chi connectivity index (χ3v) is 6.78. The number of aldehydes is 1.